The Hall–Kier alpha value is -0.0831. The molecule has 1 nitrogen and oxygen atoms in total. The van der Waals surface area contributed by atoms with Gasteiger partial charge in [-0.15, -0.1) is 6.58 Å². The number of rotatable bonds is 2. The van der Waals surface area contributed by atoms with Crippen LogP contribution in [0.2, 0.25) is 0 Å². The average molecular weight is 101 g/mol. The van der Waals surface area contributed by atoms with E-state index in [1.165, 1.54) is 0 Å². The molecule has 0 aromatic carbocycles. The van der Waals surface area contributed by atoms with Crippen molar-refractivity contribution in [2.45, 2.75) is 0 Å². The molecule has 0 rings (SSSR count). The van der Waals surface area contributed by atoms with Gasteiger partial charge in [0.1, 0.15) is 0 Å². The fourth-order valence-electron chi connectivity index (χ4n) is 0.258. The van der Waals surface area contributed by atoms with Crippen molar-refractivity contribution in [2.24, 2.45) is 0 Å². The van der Waals surface area contributed by atoms with E-state index in [1.807, 2.05) is 6.08 Å². The summed E-state index contributed by atoms with van der Waals surface area (Å²) in [6, 6.07) is 0. The normalized spacial score (nSPS) is 9.67. The summed E-state index contributed by atoms with van der Waals surface area (Å²) in [5.74, 6) is 0. The van der Waals surface area contributed by atoms with Crippen LogP contribution in [0, 0.1) is 0 Å². The van der Waals surface area contributed by atoms with Crippen LogP contribution in [-0.2, 0) is 0 Å². The quantitative estimate of drug-likeness (QED) is 0.331. The Bertz CT molecular complexity index is 42.8. The Morgan fingerprint density at radius 1 is 2.00 bits per heavy atom. The van der Waals surface area contributed by atoms with Gasteiger partial charge in [-0.2, -0.15) is 0 Å². The first-order valence-electron chi connectivity index (χ1n) is 2.03. The minimum atomic E-state index is 1.03. The standard InChI is InChI=1S/C4H11NSi/c1-3-4-5(2)6/h3H,1,4H2,2,6H3. The molecule has 0 atom stereocenters. The van der Waals surface area contributed by atoms with Crippen LogP contribution in [-0.4, -0.2) is 28.6 Å². The lowest BCUT2D eigenvalue weighted by Crippen LogP contribution is -2.12. The third-order valence-electron chi connectivity index (χ3n) is 0.494. The SMILES string of the molecule is C=CCN(C)[SiH3]. The average Bonchev–Trinajstić information content (AvgIpc) is 1.35. The summed E-state index contributed by atoms with van der Waals surface area (Å²) in [6.07, 6.45) is 1.91. The molecule has 0 aliphatic rings. The van der Waals surface area contributed by atoms with E-state index in [1.54, 1.807) is 0 Å². The maximum absolute atomic E-state index is 3.58. The maximum Gasteiger partial charge on any atom is 0.0784 e. The van der Waals surface area contributed by atoms with E-state index in [4.69, 9.17) is 0 Å². The second-order valence-electron chi connectivity index (χ2n) is 1.55. The van der Waals surface area contributed by atoms with Crippen molar-refractivity contribution < 1.29 is 0 Å². The highest BCUT2D eigenvalue weighted by Crippen LogP contribution is 1.67. The highest BCUT2D eigenvalue weighted by molar-refractivity contribution is 6.04. The Labute approximate surface area is 42.2 Å². The van der Waals surface area contributed by atoms with Gasteiger partial charge in [-0.25, -0.2) is 0 Å². The highest BCUT2D eigenvalue weighted by atomic mass is 28.2. The molecule has 0 unspecified atom stereocenters. The summed E-state index contributed by atoms with van der Waals surface area (Å²) in [5.41, 5.74) is 0. The molecular weight excluding hydrogens is 90.1 g/mol. The van der Waals surface area contributed by atoms with Gasteiger partial charge in [0.25, 0.3) is 0 Å². The van der Waals surface area contributed by atoms with Crippen LogP contribution >= 0.6 is 0 Å². The molecular formula is C4H11NSi. The van der Waals surface area contributed by atoms with Crippen LogP contribution < -0.4 is 0 Å². The topological polar surface area (TPSA) is 3.24 Å². The maximum atomic E-state index is 3.58. The van der Waals surface area contributed by atoms with Gasteiger partial charge >= 0.3 is 0 Å². The summed E-state index contributed by atoms with van der Waals surface area (Å²) in [7, 11) is 3.22. The van der Waals surface area contributed by atoms with Gasteiger partial charge in [-0.3, -0.25) is 0 Å². The predicted octanol–water partition coefficient (Wildman–Crippen LogP) is -0.615. The lowest BCUT2D eigenvalue weighted by atomic mass is 10.6. The lowest BCUT2D eigenvalue weighted by molar-refractivity contribution is 0.614. The molecule has 0 amide bonds. The minimum Gasteiger partial charge on any atom is -0.332 e. The van der Waals surface area contributed by atoms with Gasteiger partial charge in [0.2, 0.25) is 0 Å². The van der Waals surface area contributed by atoms with Crippen LogP contribution in [0.5, 0.6) is 0 Å². The van der Waals surface area contributed by atoms with E-state index >= 15 is 0 Å². The first-order chi connectivity index (χ1) is 2.77. The summed E-state index contributed by atoms with van der Waals surface area (Å²) in [4.78, 5) is 0. The summed E-state index contributed by atoms with van der Waals surface area (Å²) in [6.45, 7) is 4.62. The van der Waals surface area contributed by atoms with Gasteiger partial charge < -0.3 is 4.57 Å². The monoisotopic (exact) mass is 101 g/mol. The molecule has 0 aromatic heterocycles. The zero-order valence-electron chi connectivity index (χ0n) is 4.44. The van der Waals surface area contributed by atoms with Crippen molar-refractivity contribution in [3.8, 4) is 0 Å². The summed E-state index contributed by atoms with van der Waals surface area (Å²) >= 11 is 0. The second kappa shape index (κ2) is 3.12. The Kier molecular flexibility index (Phi) is 3.08. The Balaban J connectivity index is 2.81. The molecule has 0 spiro atoms. The second-order valence-corrected chi connectivity index (χ2v) is 3.08. The van der Waals surface area contributed by atoms with Crippen LogP contribution in [0.3, 0.4) is 0 Å². The van der Waals surface area contributed by atoms with Crippen molar-refractivity contribution in [3.05, 3.63) is 12.7 Å². The van der Waals surface area contributed by atoms with E-state index in [9.17, 15) is 0 Å². The number of hydrogen-bond donors (Lipinski definition) is 0. The van der Waals surface area contributed by atoms with E-state index in [0.29, 0.717) is 0 Å². The van der Waals surface area contributed by atoms with Crippen LogP contribution in [0.1, 0.15) is 0 Å². The number of hydrogen-bond acceptors (Lipinski definition) is 1. The third-order valence-corrected chi connectivity index (χ3v) is 0.859. The lowest BCUT2D eigenvalue weighted by Gasteiger charge is -2.01. The minimum absolute atomic E-state index is 1.03. The molecule has 36 valence electrons. The smallest absolute Gasteiger partial charge is 0.0784 e. The summed E-state index contributed by atoms with van der Waals surface area (Å²) < 4.78 is 2.20. The molecule has 0 heterocycles. The third kappa shape index (κ3) is 3.92. The van der Waals surface area contributed by atoms with Crippen molar-refractivity contribution in [1.82, 2.24) is 4.57 Å². The van der Waals surface area contributed by atoms with E-state index < -0.39 is 0 Å². The van der Waals surface area contributed by atoms with Gasteiger partial charge in [-0.05, 0) is 7.05 Å². The zero-order chi connectivity index (χ0) is 4.99. The molecule has 2 heteroatoms. The molecule has 0 fully saturated rings. The Morgan fingerprint density at radius 3 is 2.50 bits per heavy atom. The van der Waals surface area contributed by atoms with E-state index in [-0.39, 0.29) is 0 Å². The first kappa shape index (κ1) is 5.92. The van der Waals surface area contributed by atoms with E-state index in [2.05, 4.69) is 18.2 Å². The molecule has 0 aromatic rings. The first-order valence-corrected chi connectivity index (χ1v) is 2.92. The van der Waals surface area contributed by atoms with Gasteiger partial charge in [-0.1, -0.05) is 6.08 Å². The molecule has 0 aliphatic carbocycles. The fourth-order valence-corrected chi connectivity index (χ4v) is 0.516. The molecule has 0 radical (unpaired) electrons. The van der Waals surface area contributed by atoms with Crippen molar-refractivity contribution >= 4 is 10.4 Å². The highest BCUT2D eigenvalue weighted by Gasteiger charge is 1.75. The molecule has 0 saturated carbocycles. The molecule has 6 heavy (non-hydrogen) atoms. The van der Waals surface area contributed by atoms with Gasteiger partial charge in [0.15, 0.2) is 0 Å². The van der Waals surface area contributed by atoms with Crippen LogP contribution in [0.15, 0.2) is 12.7 Å². The summed E-state index contributed by atoms with van der Waals surface area (Å²) in [5, 5.41) is 0. The Morgan fingerprint density at radius 2 is 2.50 bits per heavy atom. The van der Waals surface area contributed by atoms with Gasteiger partial charge in [0.05, 0.1) is 10.4 Å². The van der Waals surface area contributed by atoms with Crippen molar-refractivity contribution in [3.63, 3.8) is 0 Å². The molecule has 0 N–H and O–H groups in total. The fraction of sp³-hybridized carbons (Fsp3) is 0.500. The van der Waals surface area contributed by atoms with Crippen molar-refractivity contribution in [2.75, 3.05) is 13.6 Å². The van der Waals surface area contributed by atoms with Crippen molar-refractivity contribution in [1.29, 1.82) is 0 Å². The zero-order valence-corrected chi connectivity index (χ0v) is 6.44. The molecule has 0 aliphatic heterocycles. The molecule has 0 bridgehead atoms. The largest absolute Gasteiger partial charge is 0.332 e. The predicted molar refractivity (Wildman–Crippen MR) is 32.8 cm³/mol. The van der Waals surface area contributed by atoms with E-state index in [0.717, 1.165) is 16.9 Å². The van der Waals surface area contributed by atoms with Crippen LogP contribution in [0.25, 0.3) is 0 Å². The van der Waals surface area contributed by atoms with Crippen LogP contribution in [0.4, 0.5) is 0 Å². The number of nitrogens with zero attached hydrogens (tertiary/aromatic N) is 1. The molecule has 0 saturated heterocycles. The number of likely N-dealkylation sites (N-methyl/N-ethyl adjacent to an activating group) is 1. The van der Waals surface area contributed by atoms with Gasteiger partial charge in [0, 0.05) is 6.54 Å².